The van der Waals surface area contributed by atoms with Gasteiger partial charge in [-0.2, -0.15) is 5.10 Å². The zero-order valence-electron chi connectivity index (χ0n) is 11.9. The number of rotatable bonds is 2. The number of carbonyl (C=O) groups excluding carboxylic acids is 1. The maximum atomic E-state index is 12.2. The summed E-state index contributed by atoms with van der Waals surface area (Å²) < 4.78 is 1.69. The summed E-state index contributed by atoms with van der Waals surface area (Å²) in [4.78, 5) is 16.2. The molecule has 0 saturated heterocycles. The van der Waals surface area contributed by atoms with Gasteiger partial charge in [0.15, 0.2) is 0 Å². The topological polar surface area (TPSA) is 47.2 Å². The summed E-state index contributed by atoms with van der Waals surface area (Å²) in [5.74, 6) is -0.461. The average Bonchev–Trinajstić information content (AvgIpc) is 2.59. The number of benzene rings is 2. The molecule has 0 unspecified atom stereocenters. The molecule has 2 aromatic carbocycles. The van der Waals surface area contributed by atoms with Crippen LogP contribution in [0.3, 0.4) is 0 Å². The van der Waals surface area contributed by atoms with Crippen LogP contribution in [-0.2, 0) is 0 Å². The molecule has 1 heterocycles. The maximum absolute atomic E-state index is 12.2. The Bertz CT molecular complexity index is 900. The number of carbonyl (C=O) groups is 1. The molecular formula is C17H11Cl2N3O. The molecule has 114 valence electrons. The number of amides is 1. The molecular weight excluding hydrogens is 333 g/mol. The Morgan fingerprint density at radius 3 is 2.48 bits per heavy atom. The van der Waals surface area contributed by atoms with Crippen molar-refractivity contribution in [1.29, 1.82) is 0 Å². The number of para-hydroxylation sites is 1. The molecule has 0 spiro atoms. The van der Waals surface area contributed by atoms with Gasteiger partial charge in [0.25, 0.3) is 5.91 Å². The van der Waals surface area contributed by atoms with Crippen molar-refractivity contribution in [3.05, 3.63) is 88.0 Å². The van der Waals surface area contributed by atoms with E-state index in [9.17, 15) is 4.79 Å². The molecule has 23 heavy (non-hydrogen) atoms. The van der Waals surface area contributed by atoms with Crippen molar-refractivity contribution in [2.75, 3.05) is 0 Å². The summed E-state index contributed by atoms with van der Waals surface area (Å²) in [6.07, 6.45) is 3.25. The molecule has 0 aliphatic rings. The second kappa shape index (κ2) is 6.77. The third-order valence-corrected chi connectivity index (χ3v) is 3.95. The average molecular weight is 344 g/mol. The van der Waals surface area contributed by atoms with Crippen molar-refractivity contribution >= 4 is 29.1 Å². The lowest BCUT2D eigenvalue weighted by Crippen LogP contribution is -2.11. The van der Waals surface area contributed by atoms with Crippen LogP contribution in [0.25, 0.3) is 5.69 Å². The zero-order valence-corrected chi connectivity index (χ0v) is 13.4. The first-order chi connectivity index (χ1) is 11.1. The summed E-state index contributed by atoms with van der Waals surface area (Å²) in [6, 6.07) is 16.2. The highest BCUT2D eigenvalue weighted by molar-refractivity contribution is 6.43. The fourth-order valence-corrected chi connectivity index (χ4v) is 2.38. The molecule has 0 bridgehead atoms. The Labute approximate surface area is 142 Å². The van der Waals surface area contributed by atoms with Crippen molar-refractivity contribution in [3.63, 3.8) is 0 Å². The standard InChI is InChI=1S/C17H11Cl2N3O/c18-15-8-4-7-14(16(15)19)17(23)21-12-9-10-22(20-11-12)13-5-2-1-3-6-13/h1-11H. The van der Waals surface area contributed by atoms with E-state index in [-0.39, 0.29) is 10.6 Å². The molecule has 6 heteroatoms. The number of nitrogens with zero attached hydrogens (tertiary/aromatic N) is 3. The van der Waals surface area contributed by atoms with E-state index >= 15 is 0 Å². The van der Waals surface area contributed by atoms with Gasteiger partial charge in [-0.25, -0.2) is 9.67 Å². The van der Waals surface area contributed by atoms with Crippen LogP contribution in [0.1, 0.15) is 10.4 Å². The van der Waals surface area contributed by atoms with Gasteiger partial charge in [-0.05, 0) is 30.3 Å². The number of hydrogen-bond donors (Lipinski definition) is 0. The van der Waals surface area contributed by atoms with Gasteiger partial charge in [-0.1, -0.05) is 47.5 Å². The van der Waals surface area contributed by atoms with Crippen LogP contribution < -0.4 is 5.36 Å². The Morgan fingerprint density at radius 1 is 1.00 bits per heavy atom. The minimum Gasteiger partial charge on any atom is -0.267 e. The van der Waals surface area contributed by atoms with Gasteiger partial charge in [-0.3, -0.25) is 4.79 Å². The van der Waals surface area contributed by atoms with Gasteiger partial charge in [0, 0.05) is 6.20 Å². The van der Waals surface area contributed by atoms with Gasteiger partial charge in [0.1, 0.15) is 0 Å². The van der Waals surface area contributed by atoms with Gasteiger partial charge < -0.3 is 0 Å². The number of halogens is 2. The highest BCUT2D eigenvalue weighted by Gasteiger charge is 2.11. The summed E-state index contributed by atoms with van der Waals surface area (Å²) in [6.45, 7) is 0. The first-order valence-electron chi connectivity index (χ1n) is 6.78. The lowest BCUT2D eigenvalue weighted by Gasteiger charge is -2.03. The van der Waals surface area contributed by atoms with Gasteiger partial charge in [0.05, 0.1) is 32.9 Å². The second-order valence-electron chi connectivity index (χ2n) is 4.68. The summed E-state index contributed by atoms with van der Waals surface area (Å²) in [5.41, 5.74) is 1.18. The normalized spacial score (nSPS) is 11.5. The van der Waals surface area contributed by atoms with Crippen molar-refractivity contribution in [2.45, 2.75) is 0 Å². The van der Waals surface area contributed by atoms with Gasteiger partial charge >= 0.3 is 0 Å². The van der Waals surface area contributed by atoms with Crippen LogP contribution in [0.15, 0.2) is 72.0 Å². The van der Waals surface area contributed by atoms with E-state index in [4.69, 9.17) is 23.2 Å². The van der Waals surface area contributed by atoms with Crippen LogP contribution in [-0.4, -0.2) is 15.7 Å². The van der Waals surface area contributed by atoms with E-state index in [0.717, 1.165) is 5.69 Å². The third-order valence-electron chi connectivity index (χ3n) is 3.13. The van der Waals surface area contributed by atoms with E-state index in [0.29, 0.717) is 10.4 Å². The zero-order chi connectivity index (χ0) is 16.2. The predicted molar refractivity (Wildman–Crippen MR) is 89.9 cm³/mol. The van der Waals surface area contributed by atoms with Gasteiger partial charge in [-0.15, -0.1) is 0 Å². The number of hydrogen-bond acceptors (Lipinski definition) is 2. The number of aromatic nitrogens is 2. The largest absolute Gasteiger partial charge is 0.279 e. The SMILES string of the molecule is O=C(N=c1ccn(-c2ccccc2)nc1)c1cccc(Cl)c1Cl. The fourth-order valence-electron chi connectivity index (χ4n) is 2.00. The minimum absolute atomic E-state index is 0.200. The Balaban J connectivity index is 1.91. The molecule has 4 nitrogen and oxygen atoms in total. The van der Waals surface area contributed by atoms with Crippen LogP contribution in [0, 0.1) is 0 Å². The molecule has 0 radical (unpaired) electrons. The molecule has 0 saturated carbocycles. The molecule has 1 amide bonds. The fraction of sp³-hybridized carbons (Fsp3) is 0. The molecule has 3 rings (SSSR count). The van der Waals surface area contributed by atoms with Crippen LogP contribution in [0.5, 0.6) is 0 Å². The molecule has 0 fully saturated rings. The first-order valence-corrected chi connectivity index (χ1v) is 7.54. The van der Waals surface area contributed by atoms with E-state index in [1.165, 1.54) is 6.20 Å². The van der Waals surface area contributed by atoms with Crippen molar-refractivity contribution < 1.29 is 4.79 Å². The smallest absolute Gasteiger partial charge is 0.267 e. The van der Waals surface area contributed by atoms with E-state index in [1.807, 2.05) is 30.3 Å². The second-order valence-corrected chi connectivity index (χ2v) is 5.47. The van der Waals surface area contributed by atoms with Crippen molar-refractivity contribution in [2.24, 2.45) is 4.99 Å². The van der Waals surface area contributed by atoms with Crippen molar-refractivity contribution in [3.8, 4) is 5.69 Å². The van der Waals surface area contributed by atoms with E-state index in [1.54, 1.807) is 35.1 Å². The quantitative estimate of drug-likeness (QED) is 0.707. The predicted octanol–water partition coefficient (Wildman–Crippen LogP) is 3.92. The minimum atomic E-state index is -0.461. The lowest BCUT2D eigenvalue weighted by molar-refractivity contribution is 0.0998. The Kier molecular flexibility index (Phi) is 4.55. The molecule has 0 N–H and O–H groups in total. The van der Waals surface area contributed by atoms with Gasteiger partial charge in [0.2, 0.25) is 0 Å². The highest BCUT2D eigenvalue weighted by atomic mass is 35.5. The van der Waals surface area contributed by atoms with Crippen molar-refractivity contribution in [1.82, 2.24) is 9.78 Å². The van der Waals surface area contributed by atoms with Crippen LogP contribution in [0.2, 0.25) is 10.0 Å². The molecule has 0 aliphatic heterocycles. The molecule has 1 aromatic heterocycles. The summed E-state index contributed by atoms with van der Waals surface area (Å²) in [5, 5.41) is 5.21. The summed E-state index contributed by atoms with van der Waals surface area (Å²) in [7, 11) is 0. The van der Waals surface area contributed by atoms with E-state index < -0.39 is 5.91 Å². The Hall–Kier alpha value is -2.43. The van der Waals surface area contributed by atoms with E-state index in [2.05, 4.69) is 10.1 Å². The Morgan fingerprint density at radius 2 is 1.78 bits per heavy atom. The lowest BCUT2D eigenvalue weighted by atomic mass is 10.2. The summed E-state index contributed by atoms with van der Waals surface area (Å²) >= 11 is 11.9. The maximum Gasteiger partial charge on any atom is 0.279 e. The molecule has 3 aromatic rings. The molecule has 0 aliphatic carbocycles. The monoisotopic (exact) mass is 343 g/mol. The van der Waals surface area contributed by atoms with Crippen LogP contribution >= 0.6 is 23.2 Å². The molecule has 0 atom stereocenters. The highest BCUT2D eigenvalue weighted by Crippen LogP contribution is 2.25. The third kappa shape index (κ3) is 3.50. The van der Waals surface area contributed by atoms with Crippen LogP contribution in [0.4, 0.5) is 0 Å². The first kappa shape index (κ1) is 15.5.